The van der Waals surface area contributed by atoms with E-state index in [1.807, 2.05) is 33.1 Å². The molecule has 5 nitrogen and oxygen atoms in total. The molecule has 2 heterocycles. The van der Waals surface area contributed by atoms with Crippen LogP contribution in [0, 0.1) is 0 Å². The Kier molecular flexibility index (Phi) is 4.75. The number of rotatable bonds is 3. The molecule has 0 amide bonds. The van der Waals surface area contributed by atoms with Crippen LogP contribution in [0.25, 0.3) is 21.9 Å². The van der Waals surface area contributed by atoms with Crippen LogP contribution in [0.3, 0.4) is 0 Å². The van der Waals surface area contributed by atoms with Crippen molar-refractivity contribution in [2.24, 2.45) is 0 Å². The van der Waals surface area contributed by atoms with E-state index in [0.717, 1.165) is 5.69 Å². The van der Waals surface area contributed by atoms with E-state index in [1.54, 1.807) is 22.8 Å². The Balaban J connectivity index is 2.59. The molecule has 7 heteroatoms. The van der Waals surface area contributed by atoms with Crippen LogP contribution in [0.2, 0.25) is 5.02 Å². The van der Waals surface area contributed by atoms with Crippen molar-refractivity contribution in [3.05, 3.63) is 45.2 Å². The fourth-order valence-electron chi connectivity index (χ4n) is 2.98. The molecule has 0 saturated heterocycles. The fraction of sp³-hybridized carbons (Fsp3) is 0.316. The molecule has 0 aliphatic heterocycles. The zero-order valence-electron chi connectivity index (χ0n) is 15.0. The van der Waals surface area contributed by atoms with Crippen molar-refractivity contribution < 1.29 is 9.90 Å². The summed E-state index contributed by atoms with van der Waals surface area (Å²) in [7, 11) is 0. The van der Waals surface area contributed by atoms with Gasteiger partial charge >= 0.3 is 5.97 Å². The minimum atomic E-state index is -1.01. The van der Waals surface area contributed by atoms with E-state index in [-0.39, 0.29) is 17.4 Å². The highest BCUT2D eigenvalue weighted by atomic mass is 35.5. The molecule has 0 unspecified atom stereocenters. The minimum Gasteiger partial charge on any atom is -0.480 e. The number of thioether (sulfide) groups is 1. The summed E-state index contributed by atoms with van der Waals surface area (Å²) < 4.78 is 1.58. The summed E-state index contributed by atoms with van der Waals surface area (Å²) in [4.78, 5) is 29.9. The Morgan fingerprint density at radius 3 is 2.46 bits per heavy atom. The van der Waals surface area contributed by atoms with E-state index in [0.29, 0.717) is 31.9 Å². The van der Waals surface area contributed by atoms with Crippen molar-refractivity contribution in [3.8, 4) is 0 Å². The molecule has 26 heavy (non-hydrogen) atoms. The standard InChI is InChI=1S/C19H19ClN2O3S/c1-19(2,3)13-8-6-11-16(25)10-5-7-12(20)17(26-4)15(10)22(9-14(23)24)18(11)21-13/h5-8H,9H2,1-4H3,(H,23,24). The molecule has 1 aromatic carbocycles. The summed E-state index contributed by atoms with van der Waals surface area (Å²) >= 11 is 7.70. The van der Waals surface area contributed by atoms with Gasteiger partial charge in [-0.25, -0.2) is 4.98 Å². The van der Waals surface area contributed by atoms with Crippen molar-refractivity contribution in [2.75, 3.05) is 6.26 Å². The van der Waals surface area contributed by atoms with Gasteiger partial charge in [0, 0.05) is 16.5 Å². The summed E-state index contributed by atoms with van der Waals surface area (Å²) in [5.41, 5.74) is 1.27. The van der Waals surface area contributed by atoms with E-state index >= 15 is 0 Å². The molecule has 0 aliphatic rings. The van der Waals surface area contributed by atoms with Gasteiger partial charge in [0.25, 0.3) is 0 Å². The van der Waals surface area contributed by atoms with E-state index < -0.39 is 5.97 Å². The highest BCUT2D eigenvalue weighted by Gasteiger charge is 2.21. The normalized spacial score (nSPS) is 12.0. The minimum absolute atomic E-state index is 0.170. The van der Waals surface area contributed by atoms with Crippen LogP contribution in [0.1, 0.15) is 26.5 Å². The molecule has 0 bridgehead atoms. The summed E-state index contributed by atoms with van der Waals surface area (Å²) in [6.07, 6.45) is 1.85. The quantitative estimate of drug-likeness (QED) is 0.533. The van der Waals surface area contributed by atoms with Gasteiger partial charge in [-0.15, -0.1) is 11.8 Å². The Hall–Kier alpha value is -2.05. The third-order valence-corrected chi connectivity index (χ3v) is 5.49. The second kappa shape index (κ2) is 6.59. The summed E-state index contributed by atoms with van der Waals surface area (Å²) in [6.45, 7) is 5.76. The van der Waals surface area contributed by atoms with Gasteiger partial charge in [-0.1, -0.05) is 32.4 Å². The Bertz CT molecular complexity index is 1100. The van der Waals surface area contributed by atoms with Crippen LogP contribution in [-0.4, -0.2) is 26.9 Å². The van der Waals surface area contributed by atoms with E-state index in [1.165, 1.54) is 11.8 Å². The number of aliphatic carboxylic acids is 1. The maximum atomic E-state index is 13.0. The molecule has 1 N–H and O–H groups in total. The van der Waals surface area contributed by atoms with Crippen molar-refractivity contribution >= 4 is 51.3 Å². The third-order valence-electron chi connectivity index (χ3n) is 4.24. The molecule has 0 aliphatic carbocycles. The molecule has 0 spiro atoms. The van der Waals surface area contributed by atoms with E-state index in [4.69, 9.17) is 11.6 Å². The van der Waals surface area contributed by atoms with E-state index in [2.05, 4.69) is 4.98 Å². The number of carbonyl (C=O) groups is 1. The van der Waals surface area contributed by atoms with Gasteiger partial charge in [0.05, 0.1) is 20.8 Å². The van der Waals surface area contributed by atoms with Gasteiger partial charge in [-0.05, 0) is 30.5 Å². The maximum Gasteiger partial charge on any atom is 0.323 e. The Morgan fingerprint density at radius 2 is 1.88 bits per heavy atom. The third kappa shape index (κ3) is 3.08. The van der Waals surface area contributed by atoms with Crippen LogP contribution in [0.4, 0.5) is 0 Å². The first-order valence-electron chi connectivity index (χ1n) is 8.07. The number of benzene rings is 1. The molecular formula is C19H19ClN2O3S. The largest absolute Gasteiger partial charge is 0.480 e. The lowest BCUT2D eigenvalue weighted by molar-refractivity contribution is -0.137. The average Bonchev–Trinajstić information content (AvgIpc) is 2.56. The second-order valence-electron chi connectivity index (χ2n) is 7.10. The second-order valence-corrected chi connectivity index (χ2v) is 8.33. The zero-order valence-corrected chi connectivity index (χ0v) is 16.5. The highest BCUT2D eigenvalue weighted by molar-refractivity contribution is 7.99. The SMILES string of the molecule is CSc1c(Cl)ccc2c(=O)c3ccc(C(C)(C)C)nc3n(CC(=O)O)c12. The number of hydrogen-bond donors (Lipinski definition) is 1. The molecule has 0 fully saturated rings. The molecule has 136 valence electrons. The smallest absolute Gasteiger partial charge is 0.323 e. The highest BCUT2D eigenvalue weighted by Crippen LogP contribution is 2.34. The number of pyridine rings is 2. The van der Waals surface area contributed by atoms with Gasteiger partial charge in [-0.2, -0.15) is 0 Å². The monoisotopic (exact) mass is 390 g/mol. The predicted molar refractivity (Wildman–Crippen MR) is 107 cm³/mol. The lowest BCUT2D eigenvalue weighted by atomic mass is 9.91. The van der Waals surface area contributed by atoms with Crippen LogP contribution < -0.4 is 5.43 Å². The average molecular weight is 391 g/mol. The van der Waals surface area contributed by atoms with Crippen molar-refractivity contribution in [3.63, 3.8) is 0 Å². The van der Waals surface area contributed by atoms with Gasteiger partial charge in [0.1, 0.15) is 12.2 Å². The van der Waals surface area contributed by atoms with Gasteiger partial charge in [0.2, 0.25) is 0 Å². The summed E-state index contributed by atoms with van der Waals surface area (Å²) in [6, 6.07) is 6.88. The van der Waals surface area contributed by atoms with Crippen LogP contribution in [-0.2, 0) is 16.8 Å². The van der Waals surface area contributed by atoms with Crippen molar-refractivity contribution in [1.29, 1.82) is 0 Å². The fourth-order valence-corrected chi connectivity index (χ4v) is 4.04. The van der Waals surface area contributed by atoms with Gasteiger partial charge in [0.15, 0.2) is 5.43 Å². The molecule has 3 aromatic rings. The van der Waals surface area contributed by atoms with Gasteiger partial charge < -0.3 is 9.67 Å². The summed E-state index contributed by atoms with van der Waals surface area (Å²) in [5, 5.41) is 10.8. The Morgan fingerprint density at radius 1 is 1.23 bits per heavy atom. The van der Waals surface area contributed by atoms with Crippen LogP contribution in [0.15, 0.2) is 34.0 Å². The Labute approximate surface area is 160 Å². The van der Waals surface area contributed by atoms with Gasteiger partial charge in [-0.3, -0.25) is 9.59 Å². The first-order chi connectivity index (χ1) is 12.1. The maximum absolute atomic E-state index is 13.0. The number of carboxylic acids is 1. The molecule has 0 radical (unpaired) electrons. The first kappa shape index (κ1) is 18.7. The van der Waals surface area contributed by atoms with Crippen LogP contribution in [0.5, 0.6) is 0 Å². The lowest BCUT2D eigenvalue weighted by Crippen LogP contribution is -2.20. The number of hydrogen-bond acceptors (Lipinski definition) is 4. The topological polar surface area (TPSA) is 72.2 Å². The van der Waals surface area contributed by atoms with Crippen LogP contribution >= 0.6 is 23.4 Å². The summed E-state index contributed by atoms with van der Waals surface area (Å²) in [5.74, 6) is -1.01. The molecule has 0 saturated carbocycles. The first-order valence-corrected chi connectivity index (χ1v) is 9.67. The number of carboxylic acid groups (broad SMARTS) is 1. The number of fused-ring (bicyclic) bond motifs is 2. The molecule has 2 aromatic heterocycles. The van der Waals surface area contributed by atoms with E-state index in [9.17, 15) is 14.7 Å². The lowest BCUT2D eigenvalue weighted by Gasteiger charge is -2.20. The molecule has 0 atom stereocenters. The predicted octanol–water partition coefficient (Wildman–Crippen LogP) is 4.31. The number of nitrogens with zero attached hydrogens (tertiary/aromatic N) is 2. The number of halogens is 1. The van der Waals surface area contributed by atoms with Crippen molar-refractivity contribution in [1.82, 2.24) is 9.55 Å². The molecule has 3 rings (SSSR count). The molecular weight excluding hydrogens is 372 g/mol. The number of aromatic nitrogens is 2. The zero-order chi connectivity index (χ0) is 19.2. The van der Waals surface area contributed by atoms with Crippen molar-refractivity contribution in [2.45, 2.75) is 37.6 Å².